The van der Waals surface area contributed by atoms with Gasteiger partial charge in [-0.25, -0.2) is 0 Å². The Bertz CT molecular complexity index is 266. The van der Waals surface area contributed by atoms with Gasteiger partial charge in [-0.15, -0.1) is 0 Å². The lowest BCUT2D eigenvalue weighted by atomic mass is 10.1. The van der Waals surface area contributed by atoms with E-state index in [0.29, 0.717) is 0 Å². The zero-order valence-corrected chi connectivity index (χ0v) is 9.66. The minimum atomic E-state index is 0.126. The Morgan fingerprint density at radius 2 is 1.73 bits per heavy atom. The first-order valence-corrected chi connectivity index (χ1v) is 5.61. The lowest BCUT2D eigenvalue weighted by Gasteiger charge is -2.07. The highest BCUT2D eigenvalue weighted by Gasteiger charge is 1.95. The standard InChI is InChI=1S/C13H21NO/c1-11(2)7-8-14-9-12-3-5-13(10-15)6-4-12/h3-6,11,14-15H,7-10H2,1-2H3. The fourth-order valence-electron chi connectivity index (χ4n) is 1.39. The van der Waals surface area contributed by atoms with Crippen LogP contribution >= 0.6 is 0 Å². The van der Waals surface area contributed by atoms with Crippen LogP contribution in [-0.2, 0) is 13.2 Å². The summed E-state index contributed by atoms with van der Waals surface area (Å²) < 4.78 is 0. The third kappa shape index (κ3) is 4.96. The van der Waals surface area contributed by atoms with Crippen molar-refractivity contribution in [3.63, 3.8) is 0 Å². The summed E-state index contributed by atoms with van der Waals surface area (Å²) in [7, 11) is 0. The summed E-state index contributed by atoms with van der Waals surface area (Å²) >= 11 is 0. The summed E-state index contributed by atoms with van der Waals surface area (Å²) in [5.74, 6) is 0.759. The van der Waals surface area contributed by atoms with Gasteiger partial charge in [0.1, 0.15) is 0 Å². The van der Waals surface area contributed by atoms with Crippen molar-refractivity contribution in [1.29, 1.82) is 0 Å². The van der Waals surface area contributed by atoms with Crippen molar-refractivity contribution in [2.45, 2.75) is 33.4 Å². The average Bonchev–Trinajstić information content (AvgIpc) is 2.25. The van der Waals surface area contributed by atoms with Crippen LogP contribution in [0.2, 0.25) is 0 Å². The van der Waals surface area contributed by atoms with Crippen molar-refractivity contribution in [2.24, 2.45) is 5.92 Å². The van der Waals surface area contributed by atoms with Crippen LogP contribution < -0.4 is 5.32 Å². The predicted molar refractivity (Wildman–Crippen MR) is 63.5 cm³/mol. The van der Waals surface area contributed by atoms with E-state index in [-0.39, 0.29) is 6.61 Å². The number of hydrogen-bond donors (Lipinski definition) is 2. The summed E-state index contributed by atoms with van der Waals surface area (Å²) in [6.45, 7) is 6.58. The molecule has 2 heteroatoms. The Labute approximate surface area is 92.3 Å². The van der Waals surface area contributed by atoms with E-state index >= 15 is 0 Å². The quantitative estimate of drug-likeness (QED) is 0.702. The van der Waals surface area contributed by atoms with Crippen LogP contribution in [0.15, 0.2) is 24.3 Å². The molecule has 1 aromatic carbocycles. The molecule has 0 bridgehead atoms. The molecule has 0 spiro atoms. The van der Waals surface area contributed by atoms with Crippen molar-refractivity contribution in [3.8, 4) is 0 Å². The number of aliphatic hydroxyl groups excluding tert-OH is 1. The molecule has 0 aliphatic heterocycles. The van der Waals surface area contributed by atoms with E-state index in [4.69, 9.17) is 5.11 Å². The molecular weight excluding hydrogens is 186 g/mol. The van der Waals surface area contributed by atoms with E-state index in [1.165, 1.54) is 12.0 Å². The van der Waals surface area contributed by atoms with Crippen molar-refractivity contribution >= 4 is 0 Å². The highest BCUT2D eigenvalue weighted by molar-refractivity contribution is 5.21. The smallest absolute Gasteiger partial charge is 0.0681 e. The lowest BCUT2D eigenvalue weighted by molar-refractivity contribution is 0.282. The molecule has 0 aliphatic rings. The maximum atomic E-state index is 8.89. The Hall–Kier alpha value is -0.860. The first-order valence-electron chi connectivity index (χ1n) is 5.61. The molecule has 0 amide bonds. The second-order valence-corrected chi connectivity index (χ2v) is 4.33. The van der Waals surface area contributed by atoms with E-state index in [9.17, 15) is 0 Å². The second kappa shape index (κ2) is 6.59. The molecule has 1 rings (SSSR count). The molecule has 0 aliphatic carbocycles. The van der Waals surface area contributed by atoms with Crippen LogP contribution in [0.4, 0.5) is 0 Å². The Morgan fingerprint density at radius 3 is 2.27 bits per heavy atom. The molecule has 0 heterocycles. The molecule has 84 valence electrons. The first-order chi connectivity index (χ1) is 7.22. The van der Waals surface area contributed by atoms with E-state index < -0.39 is 0 Å². The molecule has 0 radical (unpaired) electrons. The van der Waals surface area contributed by atoms with Crippen molar-refractivity contribution in [3.05, 3.63) is 35.4 Å². The number of aliphatic hydroxyl groups is 1. The third-order valence-electron chi connectivity index (χ3n) is 2.43. The molecule has 0 fully saturated rings. The molecular formula is C13H21NO. The monoisotopic (exact) mass is 207 g/mol. The molecule has 0 saturated carbocycles. The lowest BCUT2D eigenvalue weighted by Crippen LogP contribution is -2.16. The largest absolute Gasteiger partial charge is 0.392 e. The summed E-state index contributed by atoms with van der Waals surface area (Å²) in [6, 6.07) is 8.07. The maximum Gasteiger partial charge on any atom is 0.0681 e. The highest BCUT2D eigenvalue weighted by Crippen LogP contribution is 2.04. The van der Waals surface area contributed by atoms with Crippen LogP contribution in [0.1, 0.15) is 31.4 Å². The fourth-order valence-corrected chi connectivity index (χ4v) is 1.39. The van der Waals surface area contributed by atoms with E-state index in [2.05, 4.69) is 31.3 Å². The minimum Gasteiger partial charge on any atom is -0.392 e. The number of nitrogens with one attached hydrogen (secondary N) is 1. The molecule has 0 atom stereocenters. The van der Waals surface area contributed by atoms with Gasteiger partial charge < -0.3 is 10.4 Å². The van der Waals surface area contributed by atoms with Gasteiger partial charge in [0, 0.05) is 6.54 Å². The normalized spacial score (nSPS) is 10.9. The van der Waals surface area contributed by atoms with E-state index in [0.717, 1.165) is 24.6 Å². The number of hydrogen-bond acceptors (Lipinski definition) is 2. The van der Waals surface area contributed by atoms with Gasteiger partial charge in [0.15, 0.2) is 0 Å². The maximum absolute atomic E-state index is 8.89. The molecule has 0 saturated heterocycles. The van der Waals surface area contributed by atoms with Gasteiger partial charge in [-0.2, -0.15) is 0 Å². The van der Waals surface area contributed by atoms with Crippen LogP contribution in [0, 0.1) is 5.92 Å². The predicted octanol–water partition coefficient (Wildman–Crippen LogP) is 2.31. The molecule has 15 heavy (non-hydrogen) atoms. The molecule has 2 nitrogen and oxygen atoms in total. The fraction of sp³-hybridized carbons (Fsp3) is 0.538. The minimum absolute atomic E-state index is 0.126. The topological polar surface area (TPSA) is 32.3 Å². The molecule has 0 aromatic heterocycles. The Kier molecular flexibility index (Phi) is 5.37. The summed E-state index contributed by atoms with van der Waals surface area (Å²) in [6.07, 6.45) is 1.22. The van der Waals surface area contributed by atoms with Gasteiger partial charge in [0.25, 0.3) is 0 Å². The Balaban J connectivity index is 2.25. The SMILES string of the molecule is CC(C)CCNCc1ccc(CO)cc1. The van der Waals surface area contributed by atoms with Crippen LogP contribution in [0.3, 0.4) is 0 Å². The molecule has 1 aromatic rings. The van der Waals surface area contributed by atoms with E-state index in [1.54, 1.807) is 0 Å². The van der Waals surface area contributed by atoms with Crippen LogP contribution in [0.25, 0.3) is 0 Å². The van der Waals surface area contributed by atoms with Crippen molar-refractivity contribution in [2.75, 3.05) is 6.54 Å². The van der Waals surface area contributed by atoms with Gasteiger partial charge in [-0.3, -0.25) is 0 Å². The van der Waals surface area contributed by atoms with Gasteiger partial charge >= 0.3 is 0 Å². The molecule has 0 unspecified atom stereocenters. The second-order valence-electron chi connectivity index (χ2n) is 4.33. The summed E-state index contributed by atoms with van der Waals surface area (Å²) in [5, 5.41) is 12.3. The van der Waals surface area contributed by atoms with Crippen molar-refractivity contribution < 1.29 is 5.11 Å². The summed E-state index contributed by atoms with van der Waals surface area (Å²) in [4.78, 5) is 0. The summed E-state index contributed by atoms with van der Waals surface area (Å²) in [5.41, 5.74) is 2.25. The first kappa shape index (κ1) is 12.2. The molecule has 2 N–H and O–H groups in total. The van der Waals surface area contributed by atoms with Gasteiger partial charge in [0.2, 0.25) is 0 Å². The number of benzene rings is 1. The van der Waals surface area contributed by atoms with Crippen molar-refractivity contribution in [1.82, 2.24) is 5.32 Å². The number of rotatable bonds is 6. The van der Waals surface area contributed by atoms with E-state index in [1.807, 2.05) is 12.1 Å². The zero-order chi connectivity index (χ0) is 11.1. The highest BCUT2D eigenvalue weighted by atomic mass is 16.3. The zero-order valence-electron chi connectivity index (χ0n) is 9.66. The average molecular weight is 207 g/mol. The van der Waals surface area contributed by atoms with Gasteiger partial charge in [-0.05, 0) is 30.0 Å². The van der Waals surface area contributed by atoms with Gasteiger partial charge in [-0.1, -0.05) is 38.1 Å². The van der Waals surface area contributed by atoms with Crippen LogP contribution in [0.5, 0.6) is 0 Å². The van der Waals surface area contributed by atoms with Crippen LogP contribution in [-0.4, -0.2) is 11.7 Å². The third-order valence-corrected chi connectivity index (χ3v) is 2.43. The van der Waals surface area contributed by atoms with Gasteiger partial charge in [0.05, 0.1) is 6.61 Å². The Morgan fingerprint density at radius 1 is 1.13 bits per heavy atom.